The van der Waals surface area contributed by atoms with Gasteiger partial charge in [0.15, 0.2) is 0 Å². The van der Waals surface area contributed by atoms with Crippen molar-refractivity contribution in [3.05, 3.63) is 45.4 Å². The zero-order chi connectivity index (χ0) is 21.7. The Morgan fingerprint density at radius 3 is 2.47 bits per heavy atom. The molecule has 0 aliphatic carbocycles. The molecule has 0 saturated carbocycles. The maximum Gasteiger partial charge on any atom is 0.251 e. The van der Waals surface area contributed by atoms with Crippen LogP contribution in [0.25, 0.3) is 0 Å². The van der Waals surface area contributed by atoms with Gasteiger partial charge in [0.25, 0.3) is 5.91 Å². The van der Waals surface area contributed by atoms with Gasteiger partial charge in [0.1, 0.15) is 18.5 Å². The minimum atomic E-state index is -0.149. The molecule has 0 bridgehead atoms. The third-order valence-corrected chi connectivity index (χ3v) is 6.08. The van der Waals surface area contributed by atoms with Gasteiger partial charge in [0, 0.05) is 43.5 Å². The van der Waals surface area contributed by atoms with E-state index in [9.17, 15) is 9.59 Å². The first-order valence-corrected chi connectivity index (χ1v) is 11.0. The van der Waals surface area contributed by atoms with Crippen LogP contribution in [0, 0.1) is 13.8 Å². The standard InChI is InChI=1S/C22H29N3O4S/c1-14(21-15(2)30-16(3)24-21)23-22(27)17-5-7-18(8-6-17)29-19-9-11-25(12-10-19)20(26)13-28-4/h5-8,14,19H,9-13H2,1-4H3,(H,23,27)/t14-/m1/s1. The summed E-state index contributed by atoms with van der Waals surface area (Å²) in [6.07, 6.45) is 1.62. The Morgan fingerprint density at radius 2 is 1.90 bits per heavy atom. The molecule has 1 aliphatic rings. The largest absolute Gasteiger partial charge is 0.490 e. The minimum Gasteiger partial charge on any atom is -0.490 e. The quantitative estimate of drug-likeness (QED) is 0.728. The van der Waals surface area contributed by atoms with Crippen LogP contribution in [-0.4, -0.2) is 54.6 Å². The van der Waals surface area contributed by atoms with Gasteiger partial charge in [-0.1, -0.05) is 0 Å². The molecule has 1 aliphatic heterocycles. The van der Waals surface area contributed by atoms with E-state index in [2.05, 4.69) is 10.3 Å². The number of nitrogens with one attached hydrogen (secondary N) is 1. The van der Waals surface area contributed by atoms with Gasteiger partial charge < -0.3 is 19.7 Å². The Kier molecular flexibility index (Phi) is 7.44. The SMILES string of the molecule is COCC(=O)N1CCC(Oc2ccc(C(=O)N[C@H](C)c3nc(C)sc3C)cc2)CC1. The molecule has 1 aromatic heterocycles. The Labute approximate surface area is 181 Å². The van der Waals surface area contributed by atoms with Crippen molar-refractivity contribution >= 4 is 23.2 Å². The second-order valence-electron chi connectivity index (χ2n) is 7.52. The summed E-state index contributed by atoms with van der Waals surface area (Å²) >= 11 is 1.64. The summed E-state index contributed by atoms with van der Waals surface area (Å²) in [4.78, 5) is 31.9. The number of ether oxygens (including phenoxy) is 2. The molecule has 8 heteroatoms. The first-order valence-electron chi connectivity index (χ1n) is 10.2. The molecule has 1 aromatic carbocycles. The van der Waals surface area contributed by atoms with Crippen molar-refractivity contribution in [2.75, 3.05) is 26.8 Å². The van der Waals surface area contributed by atoms with E-state index in [0.717, 1.165) is 34.2 Å². The lowest BCUT2D eigenvalue weighted by Gasteiger charge is -2.32. The summed E-state index contributed by atoms with van der Waals surface area (Å²) < 4.78 is 10.9. The average molecular weight is 432 g/mol. The van der Waals surface area contributed by atoms with Gasteiger partial charge in [-0.3, -0.25) is 9.59 Å². The lowest BCUT2D eigenvalue weighted by atomic mass is 10.1. The summed E-state index contributed by atoms with van der Waals surface area (Å²) in [5.74, 6) is 0.611. The average Bonchev–Trinajstić information content (AvgIpc) is 3.07. The van der Waals surface area contributed by atoms with E-state index in [1.54, 1.807) is 23.5 Å². The molecule has 2 amide bonds. The van der Waals surface area contributed by atoms with Crippen molar-refractivity contribution in [2.24, 2.45) is 0 Å². The van der Waals surface area contributed by atoms with Crippen LogP contribution in [0.4, 0.5) is 0 Å². The number of hydrogen-bond acceptors (Lipinski definition) is 6. The van der Waals surface area contributed by atoms with Gasteiger partial charge in [-0.2, -0.15) is 0 Å². The first kappa shape index (κ1) is 22.2. The van der Waals surface area contributed by atoms with Crippen molar-refractivity contribution in [2.45, 2.75) is 45.8 Å². The maximum absolute atomic E-state index is 12.6. The Balaban J connectivity index is 1.51. The number of benzene rings is 1. The number of amides is 2. The van der Waals surface area contributed by atoms with Crippen LogP contribution in [0.1, 0.15) is 51.7 Å². The van der Waals surface area contributed by atoms with Crippen LogP contribution in [0.2, 0.25) is 0 Å². The van der Waals surface area contributed by atoms with Crippen LogP contribution < -0.4 is 10.1 Å². The number of aromatic nitrogens is 1. The molecule has 1 fully saturated rings. The normalized spacial score (nSPS) is 15.7. The summed E-state index contributed by atoms with van der Waals surface area (Å²) in [6, 6.07) is 7.03. The van der Waals surface area contributed by atoms with Crippen LogP contribution >= 0.6 is 11.3 Å². The fraction of sp³-hybridized carbons (Fsp3) is 0.500. The zero-order valence-electron chi connectivity index (χ0n) is 17.9. The van der Waals surface area contributed by atoms with E-state index in [4.69, 9.17) is 9.47 Å². The van der Waals surface area contributed by atoms with Crippen LogP contribution in [0.3, 0.4) is 0 Å². The van der Waals surface area contributed by atoms with Gasteiger partial charge in [-0.15, -0.1) is 11.3 Å². The van der Waals surface area contributed by atoms with Gasteiger partial charge in [-0.25, -0.2) is 4.98 Å². The second kappa shape index (κ2) is 10.0. The van der Waals surface area contributed by atoms with Crippen LogP contribution in [0.5, 0.6) is 5.75 Å². The highest BCUT2D eigenvalue weighted by molar-refractivity contribution is 7.11. The highest BCUT2D eigenvalue weighted by Gasteiger charge is 2.24. The minimum absolute atomic E-state index is 0.0172. The van der Waals surface area contributed by atoms with Crippen molar-refractivity contribution in [1.29, 1.82) is 0 Å². The highest BCUT2D eigenvalue weighted by atomic mass is 32.1. The molecule has 7 nitrogen and oxygen atoms in total. The second-order valence-corrected chi connectivity index (χ2v) is 8.93. The molecule has 162 valence electrons. The molecule has 3 rings (SSSR count). The molecule has 1 atom stereocenters. The molecule has 30 heavy (non-hydrogen) atoms. The van der Waals surface area contributed by atoms with E-state index in [1.165, 1.54) is 7.11 Å². The summed E-state index contributed by atoms with van der Waals surface area (Å²) in [6.45, 7) is 7.39. The predicted molar refractivity (Wildman–Crippen MR) is 116 cm³/mol. The monoisotopic (exact) mass is 431 g/mol. The van der Waals surface area contributed by atoms with Crippen LogP contribution in [0.15, 0.2) is 24.3 Å². The Hall–Kier alpha value is -2.45. The number of aryl methyl sites for hydroxylation is 2. The van der Waals surface area contributed by atoms with Crippen molar-refractivity contribution in [1.82, 2.24) is 15.2 Å². The summed E-state index contributed by atoms with van der Waals surface area (Å²) in [5, 5.41) is 4.01. The number of hydrogen-bond donors (Lipinski definition) is 1. The lowest BCUT2D eigenvalue weighted by Crippen LogP contribution is -2.43. The molecule has 2 heterocycles. The third-order valence-electron chi connectivity index (χ3n) is 5.18. The van der Waals surface area contributed by atoms with E-state index in [0.29, 0.717) is 18.7 Å². The lowest BCUT2D eigenvalue weighted by molar-refractivity contribution is -0.136. The van der Waals surface area contributed by atoms with E-state index < -0.39 is 0 Å². The predicted octanol–water partition coefficient (Wildman–Crippen LogP) is 3.27. The number of likely N-dealkylation sites (tertiary alicyclic amines) is 1. The van der Waals surface area contributed by atoms with Crippen molar-refractivity contribution in [3.8, 4) is 5.75 Å². The molecule has 0 radical (unpaired) electrons. The molecule has 2 aromatic rings. The first-order chi connectivity index (χ1) is 14.4. The van der Waals surface area contributed by atoms with Gasteiger partial charge in [-0.05, 0) is 45.0 Å². The number of methoxy groups -OCH3 is 1. The maximum atomic E-state index is 12.6. The van der Waals surface area contributed by atoms with Gasteiger partial charge in [0.05, 0.1) is 16.7 Å². The molecule has 0 unspecified atom stereocenters. The third kappa shape index (κ3) is 5.58. The highest BCUT2D eigenvalue weighted by Crippen LogP contribution is 2.23. The van der Waals surface area contributed by atoms with Crippen molar-refractivity contribution < 1.29 is 19.1 Å². The zero-order valence-corrected chi connectivity index (χ0v) is 18.8. The Morgan fingerprint density at radius 1 is 1.23 bits per heavy atom. The summed E-state index contributed by atoms with van der Waals surface area (Å²) in [5.41, 5.74) is 1.50. The number of thiazole rings is 1. The van der Waals surface area contributed by atoms with E-state index in [-0.39, 0.29) is 30.6 Å². The molecule has 1 N–H and O–H groups in total. The number of piperidine rings is 1. The molecular weight excluding hydrogens is 402 g/mol. The van der Waals surface area contributed by atoms with E-state index in [1.807, 2.05) is 37.8 Å². The number of nitrogens with zero attached hydrogens (tertiary/aromatic N) is 2. The fourth-order valence-corrected chi connectivity index (χ4v) is 4.52. The topological polar surface area (TPSA) is 80.8 Å². The number of carbonyl (C=O) groups is 2. The fourth-order valence-electron chi connectivity index (χ4n) is 3.61. The smallest absolute Gasteiger partial charge is 0.251 e. The molecular formula is C22H29N3O4S. The number of carbonyl (C=O) groups excluding carboxylic acids is 2. The van der Waals surface area contributed by atoms with Gasteiger partial charge in [0.2, 0.25) is 5.91 Å². The van der Waals surface area contributed by atoms with Crippen LogP contribution in [-0.2, 0) is 9.53 Å². The van der Waals surface area contributed by atoms with Gasteiger partial charge >= 0.3 is 0 Å². The number of rotatable bonds is 7. The van der Waals surface area contributed by atoms with E-state index >= 15 is 0 Å². The molecule has 0 spiro atoms. The van der Waals surface area contributed by atoms with Crippen molar-refractivity contribution in [3.63, 3.8) is 0 Å². The summed E-state index contributed by atoms with van der Waals surface area (Å²) in [7, 11) is 1.53. The Bertz CT molecular complexity index is 873. The molecule has 1 saturated heterocycles.